The van der Waals surface area contributed by atoms with Gasteiger partial charge in [-0.25, -0.2) is 13.4 Å². The van der Waals surface area contributed by atoms with E-state index in [4.69, 9.17) is 0 Å². The summed E-state index contributed by atoms with van der Waals surface area (Å²) >= 11 is 1.52. The van der Waals surface area contributed by atoms with E-state index >= 15 is 0 Å². The number of amides is 1. The Bertz CT molecular complexity index is 1320. The van der Waals surface area contributed by atoms with E-state index in [1.165, 1.54) is 28.2 Å². The van der Waals surface area contributed by atoms with Gasteiger partial charge in [0, 0.05) is 49.1 Å². The van der Waals surface area contributed by atoms with Gasteiger partial charge in [-0.05, 0) is 42.7 Å². The van der Waals surface area contributed by atoms with Crippen molar-refractivity contribution in [1.82, 2.24) is 14.2 Å². The number of hydrogen-bond acceptors (Lipinski definition) is 6. The third kappa shape index (κ3) is 6.46. The predicted molar refractivity (Wildman–Crippen MR) is 154 cm³/mol. The van der Waals surface area contributed by atoms with E-state index in [9.17, 15) is 13.2 Å². The fourth-order valence-corrected chi connectivity index (χ4v) is 8.09. The zero-order valence-electron chi connectivity index (χ0n) is 21.6. The Morgan fingerprint density at radius 1 is 1.08 bits per heavy atom. The molecule has 2 heterocycles. The molecule has 1 saturated carbocycles. The predicted octanol–water partition coefficient (Wildman–Crippen LogP) is 5.72. The van der Waals surface area contributed by atoms with Crippen molar-refractivity contribution in [3.8, 4) is 0 Å². The largest absolute Gasteiger partial charge is 0.298 e. The van der Waals surface area contributed by atoms with E-state index in [1.54, 1.807) is 28.6 Å². The molecule has 204 valence electrons. The lowest BCUT2D eigenvalue weighted by atomic mass is 9.95. The molecule has 2 aliphatic rings. The van der Waals surface area contributed by atoms with Gasteiger partial charge in [-0.1, -0.05) is 56.5 Å². The van der Waals surface area contributed by atoms with Crippen LogP contribution in [0.15, 0.2) is 59.5 Å². The third-order valence-electron chi connectivity index (χ3n) is 7.30. The minimum Gasteiger partial charge on any atom is -0.298 e. The van der Waals surface area contributed by atoms with E-state index in [-0.39, 0.29) is 29.3 Å². The summed E-state index contributed by atoms with van der Waals surface area (Å²) in [5.74, 6) is -0.282. The number of thiazole rings is 1. The number of anilines is 1. The smallest absolute Gasteiger partial charge is 0.257 e. The lowest BCUT2D eigenvalue weighted by Crippen LogP contribution is -2.41. The summed E-state index contributed by atoms with van der Waals surface area (Å²) in [5.41, 5.74) is 2.75. The SMILES string of the molecule is CCN(C1CCCCC1)S(=O)(=O)c1ccc(C(=O)Nc2nc3c(s2)CN(Cc2ccccc2)CC3)cc1.Cl. The van der Waals surface area contributed by atoms with Crippen molar-refractivity contribution in [2.45, 2.75) is 69.5 Å². The van der Waals surface area contributed by atoms with Gasteiger partial charge in [-0.2, -0.15) is 4.31 Å². The van der Waals surface area contributed by atoms with Crippen LogP contribution in [0.1, 0.15) is 65.5 Å². The molecule has 7 nitrogen and oxygen atoms in total. The fraction of sp³-hybridized carbons (Fsp3) is 0.429. The number of nitrogens with one attached hydrogen (secondary N) is 1. The molecule has 38 heavy (non-hydrogen) atoms. The summed E-state index contributed by atoms with van der Waals surface area (Å²) in [6.07, 6.45) is 5.99. The zero-order valence-corrected chi connectivity index (χ0v) is 24.1. The van der Waals surface area contributed by atoms with Crippen LogP contribution in [-0.4, -0.2) is 47.6 Å². The molecule has 0 spiro atoms. The lowest BCUT2D eigenvalue weighted by molar-refractivity contribution is 0.102. The van der Waals surface area contributed by atoms with Gasteiger partial charge in [0.15, 0.2) is 5.13 Å². The first-order valence-electron chi connectivity index (χ1n) is 13.1. The Kier molecular flexibility index (Phi) is 9.59. The molecule has 0 bridgehead atoms. The quantitative estimate of drug-likeness (QED) is 0.372. The van der Waals surface area contributed by atoms with Crippen LogP contribution in [0.5, 0.6) is 0 Å². The molecule has 10 heteroatoms. The van der Waals surface area contributed by atoms with E-state index in [0.717, 1.165) is 57.4 Å². The highest BCUT2D eigenvalue weighted by Crippen LogP contribution is 2.30. The summed E-state index contributed by atoms with van der Waals surface area (Å²) in [6.45, 7) is 4.99. The maximum Gasteiger partial charge on any atom is 0.257 e. The molecule has 1 aliphatic heterocycles. The molecule has 5 rings (SSSR count). The van der Waals surface area contributed by atoms with Crippen LogP contribution < -0.4 is 5.32 Å². The second-order valence-electron chi connectivity index (χ2n) is 9.81. The molecule has 1 aliphatic carbocycles. The second kappa shape index (κ2) is 12.7. The molecular formula is C28H35ClN4O3S2. The van der Waals surface area contributed by atoms with Crippen molar-refractivity contribution in [1.29, 1.82) is 0 Å². The van der Waals surface area contributed by atoms with Gasteiger partial charge < -0.3 is 0 Å². The zero-order chi connectivity index (χ0) is 25.8. The van der Waals surface area contributed by atoms with Gasteiger partial charge >= 0.3 is 0 Å². The minimum absolute atomic E-state index is 0. The number of carbonyl (C=O) groups excluding carboxylic acids is 1. The number of fused-ring (bicyclic) bond motifs is 1. The molecule has 0 saturated heterocycles. The van der Waals surface area contributed by atoms with Crippen molar-refractivity contribution >= 4 is 44.8 Å². The molecule has 0 unspecified atom stereocenters. The minimum atomic E-state index is -3.60. The monoisotopic (exact) mass is 574 g/mol. The van der Waals surface area contributed by atoms with Crippen LogP contribution in [0.25, 0.3) is 0 Å². The molecular weight excluding hydrogens is 540 g/mol. The Labute approximate surface area is 235 Å². The molecule has 1 aromatic heterocycles. The van der Waals surface area contributed by atoms with Gasteiger partial charge in [0.25, 0.3) is 5.91 Å². The van der Waals surface area contributed by atoms with Crippen LogP contribution in [0.2, 0.25) is 0 Å². The lowest BCUT2D eigenvalue weighted by Gasteiger charge is -2.32. The number of nitrogens with zero attached hydrogens (tertiary/aromatic N) is 3. The Morgan fingerprint density at radius 3 is 2.47 bits per heavy atom. The molecule has 2 aromatic carbocycles. The van der Waals surface area contributed by atoms with Crippen molar-refractivity contribution < 1.29 is 13.2 Å². The molecule has 1 amide bonds. The topological polar surface area (TPSA) is 82.6 Å². The maximum atomic E-state index is 13.3. The molecule has 3 aromatic rings. The highest BCUT2D eigenvalue weighted by atomic mass is 35.5. The van der Waals surface area contributed by atoms with Gasteiger partial charge in [-0.3, -0.25) is 15.0 Å². The summed E-state index contributed by atoms with van der Waals surface area (Å²) in [6, 6.07) is 16.8. The average molecular weight is 575 g/mol. The highest BCUT2D eigenvalue weighted by Gasteiger charge is 2.31. The van der Waals surface area contributed by atoms with E-state index in [1.807, 2.05) is 13.0 Å². The number of hydrogen-bond donors (Lipinski definition) is 1. The van der Waals surface area contributed by atoms with Crippen LogP contribution in [0.3, 0.4) is 0 Å². The van der Waals surface area contributed by atoms with Crippen molar-refractivity contribution in [3.63, 3.8) is 0 Å². The number of carbonyl (C=O) groups is 1. The number of benzene rings is 2. The summed E-state index contributed by atoms with van der Waals surface area (Å²) in [7, 11) is -3.60. The first kappa shape index (κ1) is 28.7. The van der Waals surface area contributed by atoms with Gasteiger partial charge in [0.05, 0.1) is 10.6 Å². The average Bonchev–Trinajstić information content (AvgIpc) is 3.32. The van der Waals surface area contributed by atoms with Crippen LogP contribution in [0.4, 0.5) is 5.13 Å². The van der Waals surface area contributed by atoms with Gasteiger partial charge in [0.2, 0.25) is 10.0 Å². The third-order valence-corrected chi connectivity index (χ3v) is 10.3. The van der Waals surface area contributed by atoms with Crippen molar-refractivity contribution in [3.05, 3.63) is 76.3 Å². The molecule has 0 radical (unpaired) electrons. The van der Waals surface area contributed by atoms with Crippen molar-refractivity contribution in [2.24, 2.45) is 0 Å². The summed E-state index contributed by atoms with van der Waals surface area (Å²) < 4.78 is 28.2. The Morgan fingerprint density at radius 2 is 1.79 bits per heavy atom. The maximum absolute atomic E-state index is 13.3. The van der Waals surface area contributed by atoms with Crippen LogP contribution in [-0.2, 0) is 29.5 Å². The molecule has 0 atom stereocenters. The fourth-order valence-electron chi connectivity index (χ4n) is 5.35. The first-order chi connectivity index (χ1) is 17.9. The van der Waals surface area contributed by atoms with Crippen LogP contribution >= 0.6 is 23.7 Å². The first-order valence-corrected chi connectivity index (χ1v) is 15.4. The number of sulfonamides is 1. The second-order valence-corrected chi connectivity index (χ2v) is 12.8. The highest BCUT2D eigenvalue weighted by molar-refractivity contribution is 7.89. The summed E-state index contributed by atoms with van der Waals surface area (Å²) in [4.78, 5) is 21.4. The summed E-state index contributed by atoms with van der Waals surface area (Å²) in [5, 5.41) is 3.50. The van der Waals surface area contributed by atoms with Gasteiger partial charge in [-0.15, -0.1) is 23.7 Å². The normalized spacial score (nSPS) is 16.6. The molecule has 1 fully saturated rings. The number of aromatic nitrogens is 1. The molecule has 1 N–H and O–H groups in total. The van der Waals surface area contributed by atoms with Crippen molar-refractivity contribution in [2.75, 3.05) is 18.4 Å². The van der Waals surface area contributed by atoms with Crippen LogP contribution in [0, 0.1) is 0 Å². The Hall–Kier alpha value is -2.30. The van der Waals surface area contributed by atoms with E-state index in [0.29, 0.717) is 17.2 Å². The Balaban J connectivity index is 0.00000336. The number of halogens is 1. The van der Waals surface area contributed by atoms with E-state index in [2.05, 4.69) is 39.5 Å². The standard InChI is InChI=1S/C28H34N4O3S2.ClH/c1-2-32(23-11-7-4-8-12-23)37(34,35)24-15-13-22(14-16-24)27(33)30-28-29-25-17-18-31(20-26(25)36-28)19-21-9-5-3-6-10-21;/h3,5-6,9-10,13-16,23H,2,4,7-8,11-12,17-20H2,1H3,(H,29,30,33);1H. The number of rotatable bonds is 8. The van der Waals surface area contributed by atoms with Gasteiger partial charge in [0.1, 0.15) is 0 Å². The van der Waals surface area contributed by atoms with E-state index < -0.39 is 10.0 Å².